The minimum absolute atomic E-state index is 0.182. The van der Waals surface area contributed by atoms with Gasteiger partial charge in [-0.05, 0) is 28.7 Å². The molecule has 0 N–H and O–H groups in total. The summed E-state index contributed by atoms with van der Waals surface area (Å²) < 4.78 is 10.9. The van der Waals surface area contributed by atoms with Crippen molar-refractivity contribution in [3.05, 3.63) is 21.0 Å². The van der Waals surface area contributed by atoms with Crippen LogP contribution in [0.15, 0.2) is 12.3 Å². The van der Waals surface area contributed by atoms with Gasteiger partial charge >= 0.3 is 42.6 Å². The molecule has 0 aromatic carbocycles. The van der Waals surface area contributed by atoms with Gasteiger partial charge in [-0.1, -0.05) is 11.6 Å². The first-order chi connectivity index (χ1) is 8.17. The minimum atomic E-state index is 0.182. The molecule has 0 unspecified atom stereocenters. The number of halogens is 2. The molecular formula is C11H16ClILiNO2. The number of ether oxygens (including phenoxy) is 2. The first-order valence-electron chi connectivity index (χ1n) is 5.59. The van der Waals surface area contributed by atoms with Gasteiger partial charge in [-0.3, -0.25) is 0 Å². The van der Waals surface area contributed by atoms with Gasteiger partial charge < -0.3 is 9.47 Å². The van der Waals surface area contributed by atoms with E-state index >= 15 is 0 Å². The van der Waals surface area contributed by atoms with Crippen LogP contribution in [0.5, 0.6) is 5.75 Å². The van der Waals surface area contributed by atoms with E-state index < -0.39 is 0 Å². The van der Waals surface area contributed by atoms with Crippen molar-refractivity contribution in [2.75, 3.05) is 13.9 Å². The third-order valence-corrected chi connectivity index (χ3v) is 2.96. The van der Waals surface area contributed by atoms with Gasteiger partial charge in [-0.2, -0.15) is 0 Å². The van der Waals surface area contributed by atoms with E-state index in [1.165, 1.54) is 17.9 Å². The summed E-state index contributed by atoms with van der Waals surface area (Å²) in [4.78, 5) is 3.87. The standard InChI is InChI=1S/C7H7ClINO2.C4H9.Li/c1-11-4-12-6-5(9)2-3-10-7(6)8;1-3-4-2;/h2-3H,4H2,1H3;1,3-4H2,2H3;. The van der Waals surface area contributed by atoms with Crippen molar-refractivity contribution in [2.45, 2.75) is 24.9 Å². The molecule has 0 fully saturated rings. The summed E-state index contributed by atoms with van der Waals surface area (Å²) in [6, 6.07) is 1.82. The summed E-state index contributed by atoms with van der Waals surface area (Å²) in [6.07, 6.45) is 4.36. The van der Waals surface area contributed by atoms with Crippen molar-refractivity contribution in [1.29, 1.82) is 0 Å². The SMILES string of the molecule is COCOc1c(I)ccnc1Cl.[Li][CH2]CCC. The Bertz CT molecular complexity index is 293. The maximum atomic E-state index is 5.77. The predicted molar refractivity (Wildman–Crippen MR) is 79.9 cm³/mol. The van der Waals surface area contributed by atoms with E-state index in [-0.39, 0.29) is 6.79 Å². The Balaban J connectivity index is 0.000000437. The van der Waals surface area contributed by atoms with Gasteiger partial charge in [0.15, 0.2) is 17.7 Å². The van der Waals surface area contributed by atoms with Gasteiger partial charge in [-0.15, -0.1) is 0 Å². The Hall–Kier alpha value is 0.527. The Kier molecular flexibility index (Phi) is 12.0. The fourth-order valence-electron chi connectivity index (χ4n) is 1.00. The molecule has 1 heterocycles. The van der Waals surface area contributed by atoms with Crippen molar-refractivity contribution in [2.24, 2.45) is 0 Å². The summed E-state index contributed by atoms with van der Waals surface area (Å²) in [6.45, 7) is 2.39. The first kappa shape index (κ1) is 17.5. The topological polar surface area (TPSA) is 31.4 Å². The van der Waals surface area contributed by atoms with Gasteiger partial charge in [0.25, 0.3) is 0 Å². The molecule has 0 aliphatic carbocycles. The molecule has 0 saturated heterocycles. The first-order valence-corrected chi connectivity index (χ1v) is 7.04. The second-order valence-corrected chi connectivity index (χ2v) is 4.84. The summed E-state index contributed by atoms with van der Waals surface area (Å²) in [5.41, 5.74) is 0. The van der Waals surface area contributed by atoms with Crippen LogP contribution in [-0.4, -0.2) is 36.6 Å². The third-order valence-electron chi connectivity index (χ3n) is 1.84. The average molecular weight is 364 g/mol. The third kappa shape index (κ3) is 8.28. The van der Waals surface area contributed by atoms with Crippen LogP contribution in [0, 0.1) is 3.57 Å². The van der Waals surface area contributed by atoms with Crippen molar-refractivity contribution in [3.63, 3.8) is 0 Å². The van der Waals surface area contributed by atoms with Crippen LogP contribution in [0.3, 0.4) is 0 Å². The van der Waals surface area contributed by atoms with Gasteiger partial charge in [0, 0.05) is 13.3 Å². The molecule has 1 aromatic heterocycles. The molecular weight excluding hydrogens is 347 g/mol. The number of hydrogen-bond acceptors (Lipinski definition) is 3. The summed E-state index contributed by atoms with van der Waals surface area (Å²) in [5, 5.41) is 1.70. The molecule has 1 rings (SSSR count). The van der Waals surface area contributed by atoms with E-state index in [1.807, 2.05) is 6.07 Å². The number of methoxy groups -OCH3 is 1. The van der Waals surface area contributed by atoms with E-state index in [0.29, 0.717) is 10.9 Å². The maximum absolute atomic E-state index is 5.77. The number of unbranched alkanes of at least 4 members (excludes halogenated alkanes) is 1. The molecule has 0 spiro atoms. The molecule has 17 heavy (non-hydrogen) atoms. The molecule has 0 aliphatic heterocycles. The molecule has 0 amide bonds. The molecule has 0 saturated carbocycles. The Labute approximate surface area is 131 Å². The second kappa shape index (κ2) is 11.6. The van der Waals surface area contributed by atoms with Gasteiger partial charge in [-0.25, -0.2) is 4.98 Å². The van der Waals surface area contributed by atoms with Crippen molar-refractivity contribution < 1.29 is 9.47 Å². The molecule has 0 radical (unpaired) electrons. The van der Waals surface area contributed by atoms with Crippen molar-refractivity contribution >= 4 is 51.9 Å². The fraction of sp³-hybridized carbons (Fsp3) is 0.545. The normalized spacial score (nSPS) is 9.53. The molecule has 92 valence electrons. The number of aromatic nitrogens is 1. The van der Waals surface area contributed by atoms with Gasteiger partial charge in [0.1, 0.15) is 0 Å². The number of hydrogen-bond donors (Lipinski definition) is 0. The van der Waals surface area contributed by atoms with Crippen LogP contribution in [0.2, 0.25) is 10.2 Å². The van der Waals surface area contributed by atoms with E-state index in [9.17, 15) is 0 Å². The molecule has 0 aliphatic rings. The molecule has 0 bridgehead atoms. The molecule has 3 nitrogen and oxygen atoms in total. The zero-order valence-corrected chi connectivity index (χ0v) is 13.4. The zero-order chi connectivity index (χ0) is 13.1. The van der Waals surface area contributed by atoms with Gasteiger partial charge in [0.2, 0.25) is 0 Å². The number of pyridine rings is 1. The Morgan fingerprint density at radius 3 is 2.65 bits per heavy atom. The van der Waals surface area contributed by atoms with Crippen LogP contribution in [0.4, 0.5) is 0 Å². The average Bonchev–Trinajstić information content (AvgIpc) is 2.30. The Morgan fingerprint density at radius 1 is 1.53 bits per heavy atom. The molecule has 6 heteroatoms. The number of rotatable bonds is 5. The van der Waals surface area contributed by atoms with Gasteiger partial charge in [0.05, 0.1) is 3.57 Å². The fourth-order valence-corrected chi connectivity index (χ4v) is 1.94. The Morgan fingerprint density at radius 2 is 2.24 bits per heavy atom. The van der Waals surface area contributed by atoms with Crippen molar-refractivity contribution in [3.8, 4) is 5.75 Å². The summed E-state index contributed by atoms with van der Waals surface area (Å²) in [5.74, 6) is 0.571. The summed E-state index contributed by atoms with van der Waals surface area (Å²) >= 11 is 10.1. The second-order valence-electron chi connectivity index (χ2n) is 3.32. The van der Waals surface area contributed by atoms with E-state index in [4.69, 9.17) is 21.1 Å². The summed E-state index contributed by atoms with van der Waals surface area (Å²) in [7, 11) is 1.55. The van der Waals surface area contributed by atoms with Crippen LogP contribution in [0.1, 0.15) is 19.8 Å². The predicted octanol–water partition coefficient (Wildman–Crippen LogP) is 3.70. The van der Waals surface area contributed by atoms with Crippen LogP contribution < -0.4 is 4.74 Å². The van der Waals surface area contributed by atoms with E-state index in [1.54, 1.807) is 13.3 Å². The monoisotopic (exact) mass is 363 g/mol. The van der Waals surface area contributed by atoms with Crippen LogP contribution >= 0.6 is 34.2 Å². The van der Waals surface area contributed by atoms with E-state index in [0.717, 1.165) is 3.57 Å². The molecule has 1 aromatic rings. The number of nitrogens with zero attached hydrogens (tertiary/aromatic N) is 1. The zero-order valence-electron chi connectivity index (χ0n) is 10.5. The quantitative estimate of drug-likeness (QED) is 0.346. The van der Waals surface area contributed by atoms with Crippen molar-refractivity contribution in [1.82, 2.24) is 4.98 Å². The van der Waals surface area contributed by atoms with Crippen LogP contribution in [0.25, 0.3) is 0 Å². The van der Waals surface area contributed by atoms with Crippen LogP contribution in [-0.2, 0) is 4.74 Å². The molecule has 0 atom stereocenters. The van der Waals surface area contributed by atoms with E-state index in [2.05, 4.69) is 52.2 Å².